The Morgan fingerprint density at radius 3 is 1.62 bits per heavy atom. The third-order valence-corrected chi connectivity index (χ3v) is 16.1. The lowest BCUT2D eigenvalue weighted by atomic mass is 10.0. The zero-order valence-electron chi connectivity index (χ0n) is 46.4. The van der Waals surface area contributed by atoms with E-state index < -0.39 is 29.2 Å². The molecule has 0 bridgehead atoms. The van der Waals surface area contributed by atoms with Gasteiger partial charge in [0.15, 0.2) is 11.6 Å². The van der Waals surface area contributed by atoms with Crippen LogP contribution in [-0.2, 0) is 17.8 Å². The number of pyridine rings is 2. The second-order valence-corrected chi connectivity index (χ2v) is 22.7. The van der Waals surface area contributed by atoms with Crippen LogP contribution in [-0.4, -0.2) is 182 Å². The number of piperazine rings is 2. The molecule has 22 heteroatoms. The number of nitriles is 2. The summed E-state index contributed by atoms with van der Waals surface area (Å²) in [5.74, 6) is -0.313. The van der Waals surface area contributed by atoms with Gasteiger partial charge in [-0.2, -0.15) is 20.7 Å². The molecule has 420 valence electrons. The Balaban J connectivity index is 0.000000173. The molecule has 4 fully saturated rings. The summed E-state index contributed by atoms with van der Waals surface area (Å²) in [7, 11) is 4.33. The largest absolute Gasteiger partial charge is 0.443 e. The van der Waals surface area contributed by atoms with E-state index in [-0.39, 0.29) is 58.2 Å². The predicted octanol–water partition coefficient (Wildman–Crippen LogP) is 6.46. The molecule has 12 rings (SSSR count). The lowest BCUT2D eigenvalue weighted by Gasteiger charge is -2.42. The van der Waals surface area contributed by atoms with Crippen LogP contribution in [0.1, 0.15) is 89.7 Å². The molecule has 6 aliphatic rings. The monoisotopic (exact) mass is 1100 g/mol. The Kier molecular flexibility index (Phi) is 15.4. The number of halogens is 2. The molecule has 0 radical (unpaired) electrons. The minimum atomic E-state index is -0.810. The Morgan fingerprint density at radius 1 is 0.654 bits per heavy atom. The van der Waals surface area contributed by atoms with Gasteiger partial charge in [0.05, 0.1) is 92.8 Å². The molecule has 0 saturated carbocycles. The minimum absolute atomic E-state index is 0.0284. The van der Waals surface area contributed by atoms with Crippen molar-refractivity contribution >= 4 is 29.5 Å². The molecule has 4 aromatic heterocycles. The van der Waals surface area contributed by atoms with Crippen molar-refractivity contribution in [3.63, 3.8) is 0 Å². The SMILES string of the molecule is CN1CCN(C2CCCN(c3ccn(-c4cc(-c5c(F)cccc5C#N)nc5c4C(=O)N(C(=O)OC(C)(C)C)C5)n3)C2)CC1.CN1CCN(C2CCCN(c3ccn(-c4cc(-c5c(F)cccc5C#N)nc5c4C(=O)NC5)n3)C2)CC1. The summed E-state index contributed by atoms with van der Waals surface area (Å²) in [6.07, 6.45) is 7.29. The Hall–Kier alpha value is -8.15. The van der Waals surface area contributed by atoms with Crippen molar-refractivity contribution in [1.82, 2.24) is 59.3 Å². The van der Waals surface area contributed by atoms with E-state index in [0.29, 0.717) is 40.4 Å². The normalized spacial score (nSPS) is 20.0. The molecule has 81 heavy (non-hydrogen) atoms. The number of likely N-dealkylation sites (N-methyl/N-ethyl adjacent to an activating group) is 2. The minimum Gasteiger partial charge on any atom is -0.443 e. The van der Waals surface area contributed by atoms with E-state index in [2.05, 4.69) is 64.8 Å². The summed E-state index contributed by atoms with van der Waals surface area (Å²) in [5, 5.41) is 31.8. The van der Waals surface area contributed by atoms with Gasteiger partial charge in [-0.15, -0.1) is 0 Å². The summed E-state index contributed by atoms with van der Waals surface area (Å²) >= 11 is 0. The second kappa shape index (κ2) is 22.8. The number of hydrogen-bond donors (Lipinski definition) is 1. The maximum absolute atomic E-state index is 15.2. The zero-order chi connectivity index (χ0) is 56.7. The van der Waals surface area contributed by atoms with Gasteiger partial charge >= 0.3 is 6.09 Å². The average molecular weight is 1100 g/mol. The number of rotatable bonds is 8. The fraction of sp³-hybridized carbons (Fsp3) is 0.441. The Labute approximate surface area is 469 Å². The van der Waals surface area contributed by atoms with E-state index in [9.17, 15) is 29.3 Å². The first kappa shape index (κ1) is 54.8. The number of aromatic nitrogens is 6. The quantitative estimate of drug-likeness (QED) is 0.174. The number of carbonyl (C=O) groups excluding carboxylic acids is 3. The molecular weight excluding hydrogens is 1030 g/mol. The first-order chi connectivity index (χ1) is 39.0. The second-order valence-electron chi connectivity index (χ2n) is 22.7. The smallest absolute Gasteiger partial charge is 0.417 e. The summed E-state index contributed by atoms with van der Waals surface area (Å²) < 4.78 is 38.7. The van der Waals surface area contributed by atoms with Crippen LogP contribution in [0, 0.1) is 34.3 Å². The van der Waals surface area contributed by atoms with Gasteiger partial charge in [-0.1, -0.05) is 12.1 Å². The van der Waals surface area contributed by atoms with Crippen LogP contribution in [0.3, 0.4) is 0 Å². The highest BCUT2D eigenvalue weighted by molar-refractivity contribution is 6.09. The van der Waals surface area contributed by atoms with Crippen LogP contribution >= 0.6 is 0 Å². The van der Waals surface area contributed by atoms with Crippen LogP contribution in [0.15, 0.2) is 73.1 Å². The van der Waals surface area contributed by atoms with E-state index in [1.54, 1.807) is 54.5 Å². The summed E-state index contributed by atoms with van der Waals surface area (Å²) in [4.78, 5) is 64.0. The predicted molar refractivity (Wildman–Crippen MR) is 299 cm³/mol. The first-order valence-corrected chi connectivity index (χ1v) is 27.8. The van der Waals surface area contributed by atoms with Gasteiger partial charge in [0.25, 0.3) is 11.8 Å². The molecule has 6 aromatic rings. The molecule has 6 aliphatic heterocycles. The van der Waals surface area contributed by atoms with Gasteiger partial charge in [0, 0.05) is 115 Å². The van der Waals surface area contributed by atoms with E-state index in [1.165, 1.54) is 36.8 Å². The lowest BCUT2D eigenvalue weighted by molar-refractivity contribution is 0.0246. The van der Waals surface area contributed by atoms with Gasteiger partial charge in [-0.3, -0.25) is 19.4 Å². The number of amides is 3. The molecule has 3 amide bonds. The highest BCUT2D eigenvalue weighted by Crippen LogP contribution is 2.36. The summed E-state index contributed by atoms with van der Waals surface area (Å²) in [6.45, 7) is 17.4. The summed E-state index contributed by atoms with van der Waals surface area (Å²) in [6, 6.07) is 20.8. The number of ether oxygens (including phenoxy) is 1. The highest BCUT2D eigenvalue weighted by Gasteiger charge is 2.40. The molecule has 0 spiro atoms. The number of imide groups is 1. The number of anilines is 2. The van der Waals surface area contributed by atoms with E-state index in [0.717, 1.165) is 114 Å². The van der Waals surface area contributed by atoms with Crippen molar-refractivity contribution in [2.24, 2.45) is 0 Å². The Morgan fingerprint density at radius 2 is 1.14 bits per heavy atom. The third-order valence-electron chi connectivity index (χ3n) is 16.1. The highest BCUT2D eigenvalue weighted by atomic mass is 19.1. The molecule has 0 aliphatic carbocycles. The van der Waals surface area contributed by atoms with Gasteiger partial charge in [-0.05, 0) is 96.9 Å². The topological polar surface area (TPSA) is 204 Å². The first-order valence-electron chi connectivity index (χ1n) is 27.8. The van der Waals surface area contributed by atoms with Gasteiger partial charge in [0.1, 0.15) is 17.2 Å². The number of nitrogens with zero attached hydrogens (tertiary/aromatic N) is 15. The van der Waals surface area contributed by atoms with Crippen molar-refractivity contribution in [2.45, 2.75) is 77.2 Å². The van der Waals surface area contributed by atoms with Gasteiger partial charge in [-0.25, -0.2) is 37.8 Å². The number of nitrogens with one attached hydrogen (secondary N) is 1. The van der Waals surface area contributed by atoms with Crippen molar-refractivity contribution in [2.75, 3.05) is 102 Å². The van der Waals surface area contributed by atoms with E-state index in [4.69, 9.17) is 14.9 Å². The van der Waals surface area contributed by atoms with Gasteiger partial charge < -0.3 is 29.7 Å². The van der Waals surface area contributed by atoms with Crippen LogP contribution in [0.5, 0.6) is 0 Å². The standard InChI is InChI=1S/C32H37FN8O3.C27H29FN8O/c1-32(2,3)44-31(43)40-20-25-29(30(40)42)26(17-24(35-25)28-21(18-34)7-5-9-23(28)33)41-12-10-27(36-41)39-11-6-8-22(19-39)38-15-13-37(4)14-16-38;1-33-10-12-34(13-11-33)19-5-3-8-35(17-19)24-7-9-36(32-24)23-14-21(31-22-16-30-27(37)26(22)23)25-18(15-29)4-2-6-20(25)28/h5,7,9-10,12,17,22H,6,8,11,13-16,19-20H2,1-4H3;2,4,6-7,9,14,19H,3,5,8,10-13,16-17H2,1H3,(H,30,37). The van der Waals surface area contributed by atoms with Crippen LogP contribution in [0.25, 0.3) is 33.9 Å². The van der Waals surface area contributed by atoms with Crippen LogP contribution in [0.4, 0.5) is 25.2 Å². The lowest BCUT2D eigenvalue weighted by Crippen LogP contribution is -2.54. The average Bonchev–Trinajstić information content (AvgIpc) is 4.47. The fourth-order valence-corrected chi connectivity index (χ4v) is 11.9. The fourth-order valence-electron chi connectivity index (χ4n) is 11.9. The Bertz CT molecular complexity index is 3470. The number of fused-ring (bicyclic) bond motifs is 2. The maximum Gasteiger partial charge on any atom is 0.417 e. The third kappa shape index (κ3) is 11.3. The molecule has 2 atom stereocenters. The number of piperidine rings is 2. The summed E-state index contributed by atoms with van der Waals surface area (Å²) in [5.41, 5.74) is 2.46. The zero-order valence-corrected chi connectivity index (χ0v) is 46.4. The number of benzene rings is 2. The van der Waals surface area contributed by atoms with Crippen LogP contribution < -0.4 is 15.1 Å². The molecule has 1 N–H and O–H groups in total. The van der Waals surface area contributed by atoms with Gasteiger partial charge in [0.2, 0.25) is 0 Å². The number of hydrogen-bond acceptors (Lipinski definition) is 16. The van der Waals surface area contributed by atoms with Crippen LogP contribution in [0.2, 0.25) is 0 Å². The maximum atomic E-state index is 15.2. The number of carbonyl (C=O) groups is 3. The molecule has 2 aromatic carbocycles. The molecule has 4 saturated heterocycles. The van der Waals surface area contributed by atoms with E-state index >= 15 is 4.39 Å². The molecule has 10 heterocycles. The van der Waals surface area contributed by atoms with E-state index in [1.807, 2.05) is 24.4 Å². The molecule has 2 unspecified atom stereocenters. The molecular formula is C59H66F2N16O4. The van der Waals surface area contributed by atoms with Crippen molar-refractivity contribution < 1.29 is 27.9 Å². The molecule has 20 nitrogen and oxygen atoms in total. The van der Waals surface area contributed by atoms with Crippen molar-refractivity contribution in [3.8, 4) is 46.0 Å². The van der Waals surface area contributed by atoms with Crippen molar-refractivity contribution in [3.05, 3.63) is 118 Å². The van der Waals surface area contributed by atoms with Crippen molar-refractivity contribution in [1.29, 1.82) is 10.5 Å².